The summed E-state index contributed by atoms with van der Waals surface area (Å²) in [6.45, 7) is 3.92. The maximum Gasteiger partial charge on any atom is 0.125 e. The zero-order valence-corrected chi connectivity index (χ0v) is 11.9. The molecule has 2 aliphatic rings. The number of aliphatic hydroxyl groups is 1. The summed E-state index contributed by atoms with van der Waals surface area (Å²) >= 11 is 0. The number of hydrogen-bond donors (Lipinski definition) is 1. The highest BCUT2D eigenvalue weighted by Gasteiger charge is 2.41. The molecular formula is C16H22O4. The highest BCUT2D eigenvalue weighted by molar-refractivity contribution is 5.35. The van der Waals surface area contributed by atoms with E-state index in [0.29, 0.717) is 13.2 Å². The molecule has 1 spiro atoms. The van der Waals surface area contributed by atoms with E-state index >= 15 is 0 Å². The van der Waals surface area contributed by atoms with Gasteiger partial charge in [-0.1, -0.05) is 18.2 Å². The van der Waals surface area contributed by atoms with Gasteiger partial charge in [0.2, 0.25) is 0 Å². The fraction of sp³-hybridized carbons (Fsp3) is 0.625. The second-order valence-corrected chi connectivity index (χ2v) is 5.78. The van der Waals surface area contributed by atoms with Crippen LogP contribution in [-0.4, -0.2) is 36.6 Å². The Morgan fingerprint density at radius 2 is 2.20 bits per heavy atom. The Bertz CT molecular complexity index is 452. The summed E-state index contributed by atoms with van der Waals surface area (Å²) in [6, 6.07) is 7.70. The zero-order chi connectivity index (χ0) is 14.0. The molecule has 0 aromatic heterocycles. The van der Waals surface area contributed by atoms with E-state index < -0.39 is 6.10 Å². The monoisotopic (exact) mass is 278 g/mol. The van der Waals surface area contributed by atoms with E-state index in [0.717, 1.165) is 37.2 Å². The van der Waals surface area contributed by atoms with Crippen molar-refractivity contribution in [2.75, 3.05) is 19.8 Å². The number of ether oxygens (including phenoxy) is 3. The van der Waals surface area contributed by atoms with Crippen LogP contribution in [-0.2, 0) is 9.47 Å². The minimum atomic E-state index is -0.519. The molecule has 2 aliphatic heterocycles. The van der Waals surface area contributed by atoms with Crippen molar-refractivity contribution in [2.24, 2.45) is 0 Å². The van der Waals surface area contributed by atoms with Crippen molar-refractivity contribution in [1.29, 1.82) is 0 Å². The molecule has 3 unspecified atom stereocenters. The lowest BCUT2D eigenvalue weighted by atomic mass is 9.91. The second-order valence-electron chi connectivity index (χ2n) is 5.78. The minimum Gasteiger partial charge on any atom is -0.490 e. The zero-order valence-electron chi connectivity index (χ0n) is 11.9. The molecule has 1 aromatic rings. The summed E-state index contributed by atoms with van der Waals surface area (Å²) in [5.41, 5.74) is 0.693. The lowest BCUT2D eigenvalue weighted by Gasteiger charge is -2.37. The van der Waals surface area contributed by atoms with Gasteiger partial charge in [0.05, 0.1) is 24.9 Å². The first-order valence-corrected chi connectivity index (χ1v) is 7.34. The van der Waals surface area contributed by atoms with Crippen LogP contribution in [0.4, 0.5) is 0 Å². The summed E-state index contributed by atoms with van der Waals surface area (Å²) in [7, 11) is 0. The summed E-state index contributed by atoms with van der Waals surface area (Å²) in [4.78, 5) is 0. The molecule has 1 aromatic carbocycles. The van der Waals surface area contributed by atoms with Crippen LogP contribution in [0.1, 0.15) is 37.9 Å². The Morgan fingerprint density at radius 3 is 2.95 bits per heavy atom. The van der Waals surface area contributed by atoms with Gasteiger partial charge in [0.25, 0.3) is 0 Å². The standard InChI is InChI=1S/C16H22O4/c1-12(17)14-4-2-3-5-15(14)20-13-6-8-19-16(10-13)7-9-18-11-16/h2-5,12-13,17H,6-11H2,1H3. The van der Waals surface area contributed by atoms with Crippen LogP contribution in [0, 0.1) is 0 Å². The predicted molar refractivity (Wildman–Crippen MR) is 74.8 cm³/mol. The molecule has 4 nitrogen and oxygen atoms in total. The molecule has 0 aliphatic carbocycles. The van der Waals surface area contributed by atoms with E-state index in [1.807, 2.05) is 24.3 Å². The van der Waals surface area contributed by atoms with Crippen molar-refractivity contribution in [1.82, 2.24) is 0 Å². The smallest absolute Gasteiger partial charge is 0.125 e. The lowest BCUT2D eigenvalue weighted by molar-refractivity contribution is -0.112. The topological polar surface area (TPSA) is 47.9 Å². The van der Waals surface area contributed by atoms with Crippen molar-refractivity contribution in [3.63, 3.8) is 0 Å². The van der Waals surface area contributed by atoms with Crippen LogP contribution in [0.3, 0.4) is 0 Å². The van der Waals surface area contributed by atoms with Gasteiger partial charge < -0.3 is 19.3 Å². The van der Waals surface area contributed by atoms with Crippen LogP contribution in [0.5, 0.6) is 5.75 Å². The molecule has 20 heavy (non-hydrogen) atoms. The molecule has 0 saturated carbocycles. The van der Waals surface area contributed by atoms with Crippen LogP contribution in [0.2, 0.25) is 0 Å². The van der Waals surface area contributed by atoms with E-state index in [1.54, 1.807) is 6.92 Å². The molecular weight excluding hydrogens is 256 g/mol. The van der Waals surface area contributed by atoms with Crippen molar-refractivity contribution < 1.29 is 19.3 Å². The largest absolute Gasteiger partial charge is 0.490 e. The number of aliphatic hydroxyl groups excluding tert-OH is 1. The number of benzene rings is 1. The first-order chi connectivity index (χ1) is 9.69. The molecule has 2 heterocycles. The van der Waals surface area contributed by atoms with E-state index in [1.165, 1.54) is 0 Å². The molecule has 110 valence electrons. The van der Waals surface area contributed by atoms with E-state index in [2.05, 4.69) is 0 Å². The fourth-order valence-corrected chi connectivity index (χ4v) is 3.06. The van der Waals surface area contributed by atoms with Crippen molar-refractivity contribution >= 4 is 0 Å². The molecule has 4 heteroatoms. The van der Waals surface area contributed by atoms with Gasteiger partial charge in [-0.3, -0.25) is 0 Å². The summed E-state index contributed by atoms with van der Waals surface area (Å²) < 4.78 is 17.5. The Balaban J connectivity index is 1.71. The quantitative estimate of drug-likeness (QED) is 0.922. The molecule has 2 saturated heterocycles. The highest BCUT2D eigenvalue weighted by Crippen LogP contribution is 2.35. The van der Waals surface area contributed by atoms with Gasteiger partial charge in [-0.25, -0.2) is 0 Å². The summed E-state index contributed by atoms with van der Waals surface area (Å²) in [5.74, 6) is 0.781. The Morgan fingerprint density at radius 1 is 1.35 bits per heavy atom. The molecule has 0 bridgehead atoms. The molecule has 0 amide bonds. The van der Waals surface area contributed by atoms with Gasteiger partial charge in [-0.15, -0.1) is 0 Å². The normalized spacial score (nSPS) is 31.4. The molecule has 0 radical (unpaired) electrons. The highest BCUT2D eigenvalue weighted by atomic mass is 16.6. The Labute approximate surface area is 119 Å². The number of hydrogen-bond acceptors (Lipinski definition) is 4. The van der Waals surface area contributed by atoms with Gasteiger partial charge in [-0.2, -0.15) is 0 Å². The third-order valence-corrected chi connectivity index (χ3v) is 4.18. The van der Waals surface area contributed by atoms with Crippen LogP contribution >= 0.6 is 0 Å². The molecule has 2 fully saturated rings. The van der Waals surface area contributed by atoms with E-state index in [-0.39, 0.29) is 11.7 Å². The third kappa shape index (κ3) is 2.82. The lowest BCUT2D eigenvalue weighted by Crippen LogP contribution is -2.44. The van der Waals surface area contributed by atoms with Crippen LogP contribution < -0.4 is 4.74 Å². The Kier molecular flexibility index (Phi) is 3.96. The minimum absolute atomic E-state index is 0.130. The third-order valence-electron chi connectivity index (χ3n) is 4.18. The van der Waals surface area contributed by atoms with Crippen molar-refractivity contribution in [3.8, 4) is 5.75 Å². The molecule has 3 atom stereocenters. The van der Waals surface area contributed by atoms with Gasteiger partial charge >= 0.3 is 0 Å². The molecule has 3 rings (SSSR count). The van der Waals surface area contributed by atoms with Crippen LogP contribution in [0.25, 0.3) is 0 Å². The SMILES string of the molecule is CC(O)c1ccccc1OC1CCOC2(CCOC2)C1. The van der Waals surface area contributed by atoms with Gasteiger partial charge in [0, 0.05) is 31.4 Å². The van der Waals surface area contributed by atoms with Crippen LogP contribution in [0.15, 0.2) is 24.3 Å². The average Bonchev–Trinajstić information content (AvgIpc) is 2.87. The maximum atomic E-state index is 9.81. The fourth-order valence-electron chi connectivity index (χ4n) is 3.06. The van der Waals surface area contributed by atoms with Gasteiger partial charge in [0.1, 0.15) is 11.9 Å². The van der Waals surface area contributed by atoms with E-state index in [9.17, 15) is 5.11 Å². The summed E-state index contributed by atoms with van der Waals surface area (Å²) in [6.07, 6.45) is 2.31. The first kappa shape index (κ1) is 13.9. The average molecular weight is 278 g/mol. The van der Waals surface area contributed by atoms with Gasteiger partial charge in [-0.05, 0) is 13.0 Å². The second kappa shape index (κ2) is 5.72. The van der Waals surface area contributed by atoms with Crippen molar-refractivity contribution in [3.05, 3.63) is 29.8 Å². The van der Waals surface area contributed by atoms with Crippen molar-refractivity contribution in [2.45, 2.75) is 44.0 Å². The van der Waals surface area contributed by atoms with Gasteiger partial charge in [0.15, 0.2) is 0 Å². The number of para-hydroxylation sites is 1. The number of rotatable bonds is 3. The summed E-state index contributed by atoms with van der Waals surface area (Å²) in [5, 5.41) is 9.81. The first-order valence-electron chi connectivity index (χ1n) is 7.34. The Hall–Kier alpha value is -1.10. The molecule has 1 N–H and O–H groups in total. The van der Waals surface area contributed by atoms with E-state index in [4.69, 9.17) is 14.2 Å². The predicted octanol–water partition coefficient (Wildman–Crippen LogP) is 2.46. The maximum absolute atomic E-state index is 9.81.